The standard InChI is InChI=1S/C24H31ClN4O/c1-7-13-27-17(4)21-22(26)24(30)29(20(15-28(5)6)14-19(25)8-2)23(21)18-11-9-16(3)10-12-18/h8-12,14-15,23,26-27H,2,7,13H2,1,3-6H3/b19-14+,20-15+,21-17+,26-22?. The van der Waals surface area contributed by atoms with Gasteiger partial charge in [-0.25, -0.2) is 0 Å². The lowest BCUT2D eigenvalue weighted by atomic mass is 9.95. The average molecular weight is 427 g/mol. The number of nitrogens with one attached hydrogen (secondary N) is 2. The van der Waals surface area contributed by atoms with Crippen LogP contribution in [-0.4, -0.2) is 42.1 Å². The Hall–Kier alpha value is -2.79. The monoisotopic (exact) mass is 426 g/mol. The summed E-state index contributed by atoms with van der Waals surface area (Å²) in [5.41, 5.74) is 4.20. The Kier molecular flexibility index (Phi) is 8.07. The molecule has 0 aromatic heterocycles. The van der Waals surface area contributed by atoms with Gasteiger partial charge in [-0.2, -0.15) is 0 Å². The van der Waals surface area contributed by atoms with Gasteiger partial charge in [0.1, 0.15) is 5.71 Å². The van der Waals surface area contributed by atoms with Gasteiger partial charge in [0.05, 0.1) is 11.7 Å². The molecule has 30 heavy (non-hydrogen) atoms. The van der Waals surface area contributed by atoms with Crippen molar-refractivity contribution in [1.29, 1.82) is 5.41 Å². The molecule has 2 rings (SSSR count). The predicted molar refractivity (Wildman–Crippen MR) is 125 cm³/mol. The van der Waals surface area contributed by atoms with E-state index in [0.717, 1.165) is 29.8 Å². The zero-order valence-corrected chi connectivity index (χ0v) is 19.2. The van der Waals surface area contributed by atoms with E-state index in [0.29, 0.717) is 16.3 Å². The number of rotatable bonds is 8. The molecule has 0 aliphatic carbocycles. The minimum absolute atomic E-state index is 0.00513. The molecule has 6 heteroatoms. The number of carbonyl (C=O) groups is 1. The third kappa shape index (κ3) is 5.22. The van der Waals surface area contributed by atoms with Gasteiger partial charge in [0, 0.05) is 43.1 Å². The van der Waals surface area contributed by atoms with Crippen molar-refractivity contribution in [3.8, 4) is 0 Å². The summed E-state index contributed by atoms with van der Waals surface area (Å²) in [6, 6.07) is 7.64. The third-order valence-electron chi connectivity index (χ3n) is 4.82. The van der Waals surface area contributed by atoms with Crippen LogP contribution in [0, 0.1) is 12.3 Å². The van der Waals surface area contributed by atoms with E-state index < -0.39 is 6.04 Å². The summed E-state index contributed by atoms with van der Waals surface area (Å²) in [7, 11) is 3.76. The molecule has 5 nitrogen and oxygen atoms in total. The maximum atomic E-state index is 13.3. The molecule has 1 aliphatic heterocycles. The van der Waals surface area contributed by atoms with E-state index in [9.17, 15) is 4.79 Å². The van der Waals surface area contributed by atoms with Crippen LogP contribution in [0.15, 0.2) is 71.2 Å². The molecular weight excluding hydrogens is 396 g/mol. The summed E-state index contributed by atoms with van der Waals surface area (Å²) < 4.78 is 0. The summed E-state index contributed by atoms with van der Waals surface area (Å²) in [6.07, 6.45) is 6.02. The molecule has 1 atom stereocenters. The molecule has 1 saturated heterocycles. The zero-order chi connectivity index (χ0) is 22.4. The van der Waals surface area contributed by atoms with Gasteiger partial charge in [-0.15, -0.1) is 0 Å². The van der Waals surface area contributed by atoms with Crippen LogP contribution < -0.4 is 5.32 Å². The van der Waals surface area contributed by atoms with Crippen LogP contribution in [0.2, 0.25) is 0 Å². The SMILES string of the molecule is C=C/C(Cl)=C\C(=C/N(C)C)N1C(=O)C(=N)/C(=C(/C)NCCC)C1c1ccc(C)cc1. The normalized spacial score (nSPS) is 19.3. The van der Waals surface area contributed by atoms with E-state index in [1.165, 1.54) is 6.08 Å². The molecule has 1 amide bonds. The molecule has 1 aromatic carbocycles. The molecule has 0 saturated carbocycles. The first-order valence-electron chi connectivity index (χ1n) is 10.0. The highest BCUT2D eigenvalue weighted by Gasteiger charge is 2.43. The van der Waals surface area contributed by atoms with Gasteiger partial charge in [0.2, 0.25) is 0 Å². The summed E-state index contributed by atoms with van der Waals surface area (Å²) >= 11 is 6.26. The number of amides is 1. The average Bonchev–Trinajstić information content (AvgIpc) is 2.96. The van der Waals surface area contributed by atoms with Crippen molar-refractivity contribution in [2.45, 2.75) is 33.2 Å². The smallest absolute Gasteiger partial charge is 0.277 e. The number of hydrogen-bond acceptors (Lipinski definition) is 4. The highest BCUT2D eigenvalue weighted by molar-refractivity contribution is 6.47. The van der Waals surface area contributed by atoms with Crippen molar-refractivity contribution >= 4 is 23.2 Å². The summed E-state index contributed by atoms with van der Waals surface area (Å²) in [4.78, 5) is 16.8. The number of halogens is 1. The van der Waals surface area contributed by atoms with Crippen molar-refractivity contribution in [3.63, 3.8) is 0 Å². The first kappa shape index (κ1) is 23.5. The Morgan fingerprint density at radius 1 is 1.33 bits per heavy atom. The zero-order valence-electron chi connectivity index (χ0n) is 18.4. The topological polar surface area (TPSA) is 59.4 Å². The van der Waals surface area contributed by atoms with E-state index in [1.807, 2.05) is 63.3 Å². The van der Waals surface area contributed by atoms with Crippen molar-refractivity contribution in [3.05, 3.63) is 82.3 Å². The second kappa shape index (κ2) is 10.3. The number of allylic oxidation sites excluding steroid dienone is 4. The highest BCUT2D eigenvalue weighted by Crippen LogP contribution is 2.40. The van der Waals surface area contributed by atoms with Crippen LogP contribution in [0.25, 0.3) is 0 Å². The molecule has 1 unspecified atom stereocenters. The van der Waals surface area contributed by atoms with Crippen molar-refractivity contribution in [2.75, 3.05) is 20.6 Å². The predicted octanol–water partition coefficient (Wildman–Crippen LogP) is 4.88. The van der Waals surface area contributed by atoms with E-state index >= 15 is 0 Å². The molecule has 0 radical (unpaired) electrons. The second-order valence-electron chi connectivity index (χ2n) is 7.58. The second-order valence-corrected chi connectivity index (χ2v) is 8.02. The number of carbonyl (C=O) groups excluding carboxylic acids is 1. The summed E-state index contributed by atoms with van der Waals surface area (Å²) in [6.45, 7) is 10.5. The van der Waals surface area contributed by atoms with Gasteiger partial charge in [0.15, 0.2) is 0 Å². The Morgan fingerprint density at radius 2 is 1.97 bits per heavy atom. The minimum atomic E-state index is -0.424. The lowest BCUT2D eigenvalue weighted by molar-refractivity contribution is -0.122. The molecule has 0 bridgehead atoms. The fraction of sp³-hybridized carbons (Fsp3) is 0.333. The highest BCUT2D eigenvalue weighted by atomic mass is 35.5. The summed E-state index contributed by atoms with van der Waals surface area (Å²) in [5, 5.41) is 12.4. The largest absolute Gasteiger partial charge is 0.388 e. The Labute approximate surface area is 184 Å². The number of likely N-dealkylation sites (tertiary alicyclic amines) is 1. The van der Waals surface area contributed by atoms with Crippen LogP contribution in [-0.2, 0) is 4.79 Å². The number of benzene rings is 1. The first-order valence-corrected chi connectivity index (χ1v) is 10.4. The van der Waals surface area contributed by atoms with E-state index in [-0.39, 0.29) is 11.6 Å². The van der Waals surface area contributed by atoms with E-state index in [1.54, 1.807) is 11.0 Å². The molecule has 1 aliphatic rings. The number of nitrogens with zero attached hydrogens (tertiary/aromatic N) is 2. The van der Waals surface area contributed by atoms with Crippen LogP contribution in [0.4, 0.5) is 0 Å². The molecule has 1 heterocycles. The Bertz CT molecular complexity index is 910. The maximum absolute atomic E-state index is 13.3. The van der Waals surface area contributed by atoms with Gasteiger partial charge in [-0.1, -0.05) is 61.0 Å². The molecule has 1 aromatic rings. The fourth-order valence-corrected chi connectivity index (χ4v) is 3.50. The minimum Gasteiger partial charge on any atom is -0.388 e. The molecule has 2 N–H and O–H groups in total. The Morgan fingerprint density at radius 3 is 2.50 bits per heavy atom. The van der Waals surface area contributed by atoms with Crippen LogP contribution >= 0.6 is 11.6 Å². The quantitative estimate of drug-likeness (QED) is 0.582. The number of aryl methyl sites for hydroxylation is 1. The third-order valence-corrected chi connectivity index (χ3v) is 5.08. The lowest BCUT2D eigenvalue weighted by Gasteiger charge is -2.28. The molecule has 0 spiro atoms. The van der Waals surface area contributed by atoms with Crippen molar-refractivity contribution in [2.24, 2.45) is 0 Å². The van der Waals surface area contributed by atoms with Gasteiger partial charge in [-0.05, 0) is 31.9 Å². The van der Waals surface area contributed by atoms with Crippen molar-refractivity contribution in [1.82, 2.24) is 15.1 Å². The molecular formula is C24H31ClN4O. The van der Waals surface area contributed by atoms with Crippen LogP contribution in [0.3, 0.4) is 0 Å². The van der Waals surface area contributed by atoms with Gasteiger partial charge in [0.25, 0.3) is 5.91 Å². The molecule has 160 valence electrons. The lowest BCUT2D eigenvalue weighted by Crippen LogP contribution is -2.29. The first-order chi connectivity index (χ1) is 14.2. The number of hydrogen-bond donors (Lipinski definition) is 2. The van der Waals surface area contributed by atoms with Gasteiger partial charge >= 0.3 is 0 Å². The van der Waals surface area contributed by atoms with E-state index in [4.69, 9.17) is 17.0 Å². The summed E-state index contributed by atoms with van der Waals surface area (Å²) in [5.74, 6) is -0.355. The van der Waals surface area contributed by atoms with E-state index in [2.05, 4.69) is 18.8 Å². The molecule has 1 fully saturated rings. The maximum Gasteiger partial charge on any atom is 0.277 e. The fourth-order valence-electron chi connectivity index (χ4n) is 3.38. The van der Waals surface area contributed by atoms with Crippen LogP contribution in [0.5, 0.6) is 0 Å². The van der Waals surface area contributed by atoms with Crippen LogP contribution in [0.1, 0.15) is 37.4 Å². The Balaban J connectivity index is 2.74. The van der Waals surface area contributed by atoms with Gasteiger partial charge < -0.3 is 10.2 Å². The van der Waals surface area contributed by atoms with Crippen molar-refractivity contribution < 1.29 is 4.79 Å². The van der Waals surface area contributed by atoms with Gasteiger partial charge in [-0.3, -0.25) is 15.1 Å².